The van der Waals surface area contributed by atoms with Gasteiger partial charge in [-0.15, -0.1) is 0 Å². The van der Waals surface area contributed by atoms with E-state index in [0.29, 0.717) is 13.0 Å². The Morgan fingerprint density at radius 3 is 2.59 bits per heavy atom. The van der Waals surface area contributed by atoms with E-state index in [1.54, 1.807) is 29.0 Å². The summed E-state index contributed by atoms with van der Waals surface area (Å²) in [6, 6.07) is 6.51. The summed E-state index contributed by atoms with van der Waals surface area (Å²) in [7, 11) is 1.69. The fourth-order valence-corrected chi connectivity index (χ4v) is 5.13. The molecule has 0 aliphatic carbocycles. The molecule has 3 amide bonds. The number of carbonyl (C=O) groups is 2. The van der Waals surface area contributed by atoms with Crippen molar-refractivity contribution in [3.63, 3.8) is 0 Å². The van der Waals surface area contributed by atoms with Crippen molar-refractivity contribution in [2.75, 3.05) is 26.8 Å². The number of urea groups is 1. The van der Waals surface area contributed by atoms with Crippen LogP contribution in [0.25, 0.3) is 11.1 Å². The molecule has 0 bridgehead atoms. The Morgan fingerprint density at radius 1 is 1.24 bits per heavy atom. The highest BCUT2D eigenvalue weighted by atomic mass is 19.1. The van der Waals surface area contributed by atoms with Crippen molar-refractivity contribution in [2.45, 2.75) is 44.3 Å². The molecule has 2 fully saturated rings. The van der Waals surface area contributed by atoms with E-state index in [0.717, 1.165) is 18.2 Å². The van der Waals surface area contributed by atoms with Gasteiger partial charge in [-0.2, -0.15) is 0 Å². The first-order valence-electron chi connectivity index (χ1n) is 11.3. The number of rotatable bonds is 4. The van der Waals surface area contributed by atoms with Crippen LogP contribution in [0.3, 0.4) is 0 Å². The summed E-state index contributed by atoms with van der Waals surface area (Å²) in [4.78, 5) is 28.8. The molecule has 2 aromatic carbocycles. The van der Waals surface area contributed by atoms with Gasteiger partial charge in [-0.3, -0.25) is 4.79 Å². The van der Waals surface area contributed by atoms with Gasteiger partial charge >= 0.3 is 6.03 Å². The third kappa shape index (κ3) is 4.36. The van der Waals surface area contributed by atoms with Crippen molar-refractivity contribution in [3.8, 4) is 11.1 Å². The van der Waals surface area contributed by atoms with Crippen molar-refractivity contribution in [3.05, 3.63) is 59.4 Å². The lowest BCUT2D eigenvalue weighted by atomic mass is 9.84. The maximum absolute atomic E-state index is 15.7. The second-order valence-electron chi connectivity index (χ2n) is 9.11. The van der Waals surface area contributed by atoms with Crippen molar-refractivity contribution < 1.29 is 27.5 Å². The van der Waals surface area contributed by atoms with Gasteiger partial charge in [-0.1, -0.05) is 18.2 Å². The molecule has 6 nitrogen and oxygen atoms in total. The Morgan fingerprint density at radius 2 is 1.94 bits per heavy atom. The molecule has 0 saturated carbocycles. The van der Waals surface area contributed by atoms with Crippen molar-refractivity contribution >= 4 is 11.9 Å². The molecule has 2 aromatic rings. The molecule has 3 atom stereocenters. The number of likely N-dealkylation sites (tertiary alicyclic amines) is 1. The average molecular weight is 476 g/mol. The zero-order chi connectivity index (χ0) is 24.6. The van der Waals surface area contributed by atoms with Crippen LogP contribution in [0.4, 0.5) is 18.0 Å². The number of nitrogens with zero attached hydrogens (tertiary/aromatic N) is 2. The Hall–Kier alpha value is -3.07. The van der Waals surface area contributed by atoms with Crippen LogP contribution in [0.5, 0.6) is 0 Å². The van der Waals surface area contributed by atoms with Crippen LogP contribution in [0.1, 0.15) is 25.8 Å². The van der Waals surface area contributed by atoms with Gasteiger partial charge in [0.15, 0.2) is 0 Å². The first-order valence-corrected chi connectivity index (χ1v) is 11.3. The van der Waals surface area contributed by atoms with Crippen LogP contribution in [0.15, 0.2) is 36.4 Å². The zero-order valence-corrected chi connectivity index (χ0v) is 19.4. The van der Waals surface area contributed by atoms with E-state index in [-0.39, 0.29) is 54.3 Å². The average Bonchev–Trinajstić information content (AvgIpc) is 3.03. The Balaban J connectivity index is 1.75. The largest absolute Gasteiger partial charge is 0.369 e. The first kappa shape index (κ1) is 24.1. The molecule has 4 rings (SSSR count). The number of halogens is 3. The third-order valence-corrected chi connectivity index (χ3v) is 6.78. The summed E-state index contributed by atoms with van der Waals surface area (Å²) in [5, 5.41) is 3.02. The van der Waals surface area contributed by atoms with E-state index in [9.17, 15) is 18.4 Å². The second-order valence-corrected chi connectivity index (χ2v) is 9.11. The van der Waals surface area contributed by atoms with Gasteiger partial charge in [-0.05, 0) is 49.9 Å². The SMILES string of the molecule is CCN(C)C(=O)N1C(C)CC2(COCC(=O)N2)C1Cc1cccc(-c2cc(F)cc(F)c2)c1F. The quantitative estimate of drug-likeness (QED) is 0.733. The molecule has 1 N–H and O–H groups in total. The minimum absolute atomic E-state index is 0.0588. The molecular formula is C25H28F3N3O3. The van der Waals surface area contributed by atoms with Crippen LogP contribution >= 0.6 is 0 Å². The lowest BCUT2D eigenvalue weighted by Gasteiger charge is -2.42. The summed E-state index contributed by atoms with van der Waals surface area (Å²) in [6.07, 6.45) is 0.553. The van der Waals surface area contributed by atoms with Gasteiger partial charge in [0.25, 0.3) is 0 Å². The van der Waals surface area contributed by atoms with Gasteiger partial charge in [0.2, 0.25) is 5.91 Å². The van der Waals surface area contributed by atoms with Crippen molar-refractivity contribution in [2.24, 2.45) is 0 Å². The van der Waals surface area contributed by atoms with Gasteiger partial charge in [-0.25, -0.2) is 18.0 Å². The topological polar surface area (TPSA) is 61.9 Å². The predicted octanol–water partition coefficient (Wildman–Crippen LogP) is 3.73. The molecule has 2 aliphatic rings. The summed E-state index contributed by atoms with van der Waals surface area (Å²) >= 11 is 0. The van der Waals surface area contributed by atoms with E-state index < -0.39 is 29.0 Å². The van der Waals surface area contributed by atoms with Crippen molar-refractivity contribution in [1.29, 1.82) is 0 Å². The Bertz CT molecular complexity index is 1090. The molecule has 3 unspecified atom stereocenters. The molecule has 2 aliphatic heterocycles. The summed E-state index contributed by atoms with van der Waals surface area (Å²) in [6.45, 7) is 4.37. The van der Waals surface area contributed by atoms with E-state index in [4.69, 9.17) is 4.74 Å². The van der Waals surface area contributed by atoms with Crippen LogP contribution in [-0.4, -0.2) is 66.2 Å². The highest BCUT2D eigenvalue weighted by molar-refractivity contribution is 5.80. The third-order valence-electron chi connectivity index (χ3n) is 6.78. The molecule has 0 aromatic heterocycles. The normalized spacial score (nSPS) is 24.4. The monoisotopic (exact) mass is 475 g/mol. The minimum atomic E-state index is -0.869. The van der Waals surface area contributed by atoms with Gasteiger partial charge in [0.05, 0.1) is 18.2 Å². The number of amides is 3. The van der Waals surface area contributed by atoms with E-state index in [2.05, 4.69) is 5.32 Å². The Kier molecular flexibility index (Phi) is 6.58. The van der Waals surface area contributed by atoms with Crippen LogP contribution in [0, 0.1) is 17.5 Å². The number of hydrogen-bond donors (Lipinski definition) is 1. The highest BCUT2D eigenvalue weighted by Gasteiger charge is 2.55. The maximum Gasteiger partial charge on any atom is 0.320 e. The number of carbonyl (C=O) groups excluding carboxylic acids is 2. The fraction of sp³-hybridized carbons (Fsp3) is 0.440. The van der Waals surface area contributed by atoms with Gasteiger partial charge < -0.3 is 19.9 Å². The molecule has 182 valence electrons. The Labute approximate surface area is 196 Å². The van der Waals surface area contributed by atoms with E-state index >= 15 is 4.39 Å². The standard InChI is InChI=1S/C25H28F3N3O3/c1-4-30(3)24(33)31-15(2)12-25(14-34-13-22(32)29-25)21(31)10-16-6-5-7-20(23(16)28)17-8-18(26)11-19(27)9-17/h5-9,11,15,21H,4,10,12-14H2,1-3H3,(H,29,32). The number of hydrogen-bond acceptors (Lipinski definition) is 3. The number of ether oxygens (including phenoxy) is 1. The summed E-state index contributed by atoms with van der Waals surface area (Å²) < 4.78 is 48.8. The lowest BCUT2D eigenvalue weighted by molar-refractivity contribution is -0.136. The maximum atomic E-state index is 15.7. The van der Waals surface area contributed by atoms with Crippen LogP contribution in [-0.2, 0) is 16.0 Å². The molecule has 1 spiro atoms. The number of morpholine rings is 1. The molecule has 2 heterocycles. The first-order chi connectivity index (χ1) is 16.1. The van der Waals surface area contributed by atoms with Crippen LogP contribution in [0.2, 0.25) is 0 Å². The molecule has 34 heavy (non-hydrogen) atoms. The predicted molar refractivity (Wildman–Crippen MR) is 121 cm³/mol. The summed E-state index contributed by atoms with van der Waals surface area (Å²) in [5.74, 6) is -2.51. The van der Waals surface area contributed by atoms with Gasteiger partial charge in [0, 0.05) is 31.3 Å². The minimum Gasteiger partial charge on any atom is -0.369 e. The van der Waals surface area contributed by atoms with Gasteiger partial charge in [0.1, 0.15) is 24.1 Å². The molecule has 0 radical (unpaired) electrons. The number of benzene rings is 2. The van der Waals surface area contributed by atoms with E-state index in [1.165, 1.54) is 6.07 Å². The summed E-state index contributed by atoms with van der Waals surface area (Å²) in [5.41, 5.74) is -0.452. The zero-order valence-electron chi connectivity index (χ0n) is 19.4. The van der Waals surface area contributed by atoms with Crippen molar-refractivity contribution in [1.82, 2.24) is 15.1 Å². The fourth-order valence-electron chi connectivity index (χ4n) is 5.13. The highest BCUT2D eigenvalue weighted by Crippen LogP contribution is 2.39. The lowest BCUT2D eigenvalue weighted by Crippen LogP contribution is -2.64. The van der Waals surface area contributed by atoms with E-state index in [1.807, 2.05) is 13.8 Å². The molecular weight excluding hydrogens is 447 g/mol. The molecule has 2 saturated heterocycles. The van der Waals surface area contributed by atoms with Crippen LogP contribution < -0.4 is 5.32 Å². The number of nitrogens with one attached hydrogen (secondary N) is 1. The smallest absolute Gasteiger partial charge is 0.320 e. The second kappa shape index (κ2) is 9.29. The molecule has 9 heteroatoms.